The van der Waals surface area contributed by atoms with E-state index in [1.165, 1.54) is 5.56 Å². The van der Waals surface area contributed by atoms with Gasteiger partial charge < -0.3 is 14.8 Å². The first-order valence-corrected chi connectivity index (χ1v) is 5.72. The van der Waals surface area contributed by atoms with Crippen molar-refractivity contribution in [1.82, 2.24) is 15.1 Å². The van der Waals surface area contributed by atoms with Gasteiger partial charge in [-0.25, -0.2) is 0 Å². The molecule has 1 unspecified atom stereocenters. The molecular weight excluding hydrogens is 206 g/mol. The Hall–Kier alpha value is -0.910. The Morgan fingerprint density at radius 1 is 1.56 bits per heavy atom. The molecule has 1 N–H and O–H groups in total. The van der Waals surface area contributed by atoms with Crippen LogP contribution < -0.4 is 5.32 Å². The smallest absolute Gasteiger partial charge is 0.0933 e. The molecule has 16 heavy (non-hydrogen) atoms. The molecule has 1 aromatic heterocycles. The summed E-state index contributed by atoms with van der Waals surface area (Å²) in [6, 6.07) is 0. The minimum Gasteiger partial charge on any atom is -0.376 e. The summed E-state index contributed by atoms with van der Waals surface area (Å²) in [5.41, 5.74) is 1.26. The number of hydrogen-bond acceptors (Lipinski definition) is 4. The van der Waals surface area contributed by atoms with Crippen LogP contribution in [-0.4, -0.2) is 48.8 Å². The molecule has 0 aliphatic carbocycles. The molecule has 5 nitrogen and oxygen atoms in total. The normalized spacial score (nSPS) is 21.2. The fourth-order valence-electron chi connectivity index (χ4n) is 1.75. The summed E-state index contributed by atoms with van der Waals surface area (Å²) in [5, 5.41) is 7.50. The Morgan fingerprint density at radius 2 is 2.50 bits per heavy atom. The van der Waals surface area contributed by atoms with E-state index in [0.29, 0.717) is 6.61 Å². The van der Waals surface area contributed by atoms with E-state index in [0.717, 1.165) is 32.7 Å². The third kappa shape index (κ3) is 3.59. The zero-order chi connectivity index (χ0) is 11.2. The van der Waals surface area contributed by atoms with Gasteiger partial charge in [0.2, 0.25) is 0 Å². The molecule has 0 radical (unpaired) electrons. The van der Waals surface area contributed by atoms with Crippen LogP contribution >= 0.6 is 0 Å². The van der Waals surface area contributed by atoms with Crippen molar-refractivity contribution in [2.24, 2.45) is 7.05 Å². The van der Waals surface area contributed by atoms with E-state index in [1.807, 2.05) is 24.1 Å². The summed E-state index contributed by atoms with van der Waals surface area (Å²) >= 11 is 0. The zero-order valence-corrected chi connectivity index (χ0v) is 9.69. The van der Waals surface area contributed by atoms with Gasteiger partial charge in [-0.3, -0.25) is 4.68 Å². The minimum absolute atomic E-state index is 0.211. The Kier molecular flexibility index (Phi) is 4.33. The molecule has 1 aromatic rings. The molecule has 0 spiro atoms. The first-order chi connectivity index (χ1) is 7.84. The Balaban J connectivity index is 1.57. The lowest BCUT2D eigenvalue weighted by Gasteiger charge is -2.23. The van der Waals surface area contributed by atoms with Crippen LogP contribution in [0.1, 0.15) is 5.56 Å². The highest BCUT2D eigenvalue weighted by molar-refractivity contribution is 5.03. The van der Waals surface area contributed by atoms with Gasteiger partial charge >= 0.3 is 0 Å². The van der Waals surface area contributed by atoms with Crippen molar-refractivity contribution in [2.45, 2.75) is 12.5 Å². The van der Waals surface area contributed by atoms with Gasteiger partial charge in [0.05, 0.1) is 32.1 Å². The molecule has 0 saturated carbocycles. The van der Waals surface area contributed by atoms with Crippen molar-refractivity contribution in [3.63, 3.8) is 0 Å². The second kappa shape index (κ2) is 5.98. The molecule has 1 saturated heterocycles. The van der Waals surface area contributed by atoms with Crippen LogP contribution in [-0.2, 0) is 22.9 Å². The zero-order valence-electron chi connectivity index (χ0n) is 9.69. The summed E-state index contributed by atoms with van der Waals surface area (Å²) in [5.74, 6) is 0. The second-order valence-electron chi connectivity index (χ2n) is 4.04. The van der Waals surface area contributed by atoms with Crippen molar-refractivity contribution >= 4 is 0 Å². The third-order valence-corrected chi connectivity index (χ3v) is 2.61. The summed E-state index contributed by atoms with van der Waals surface area (Å²) < 4.78 is 12.7. The highest BCUT2D eigenvalue weighted by atomic mass is 16.6. The monoisotopic (exact) mass is 225 g/mol. The molecule has 90 valence electrons. The first-order valence-electron chi connectivity index (χ1n) is 5.72. The van der Waals surface area contributed by atoms with Gasteiger partial charge in [0, 0.05) is 19.8 Å². The Labute approximate surface area is 95.7 Å². The van der Waals surface area contributed by atoms with Crippen LogP contribution in [0.4, 0.5) is 0 Å². The van der Waals surface area contributed by atoms with E-state index < -0.39 is 0 Å². The van der Waals surface area contributed by atoms with Gasteiger partial charge in [-0.1, -0.05) is 0 Å². The van der Waals surface area contributed by atoms with E-state index in [4.69, 9.17) is 9.47 Å². The summed E-state index contributed by atoms with van der Waals surface area (Å²) in [4.78, 5) is 0. The molecule has 0 aromatic carbocycles. The van der Waals surface area contributed by atoms with Crippen molar-refractivity contribution < 1.29 is 9.47 Å². The van der Waals surface area contributed by atoms with E-state index in [2.05, 4.69) is 10.4 Å². The van der Waals surface area contributed by atoms with Gasteiger partial charge in [-0.15, -0.1) is 0 Å². The highest BCUT2D eigenvalue weighted by Gasteiger charge is 2.13. The number of nitrogens with one attached hydrogen (secondary N) is 1. The molecule has 1 fully saturated rings. The maximum Gasteiger partial charge on any atom is 0.0933 e. The Bertz CT molecular complexity index is 308. The predicted molar refractivity (Wildman–Crippen MR) is 60.3 cm³/mol. The second-order valence-corrected chi connectivity index (χ2v) is 4.04. The molecule has 5 heteroatoms. The van der Waals surface area contributed by atoms with Gasteiger partial charge in [-0.05, 0) is 18.5 Å². The molecule has 1 aliphatic heterocycles. The largest absolute Gasteiger partial charge is 0.376 e. The van der Waals surface area contributed by atoms with E-state index in [-0.39, 0.29) is 6.10 Å². The molecule has 0 amide bonds. The number of aryl methyl sites for hydroxylation is 1. The first kappa shape index (κ1) is 11.6. The molecule has 2 heterocycles. The number of rotatable bonds is 5. The lowest BCUT2D eigenvalue weighted by molar-refractivity contribution is -0.0862. The van der Waals surface area contributed by atoms with Crippen LogP contribution in [0.2, 0.25) is 0 Å². The minimum atomic E-state index is 0.211. The number of aromatic nitrogens is 2. The van der Waals surface area contributed by atoms with E-state index >= 15 is 0 Å². The van der Waals surface area contributed by atoms with Gasteiger partial charge in [-0.2, -0.15) is 5.10 Å². The molecular formula is C11H19N3O2. The average molecular weight is 225 g/mol. The highest BCUT2D eigenvalue weighted by Crippen LogP contribution is 1.99. The predicted octanol–water partition coefficient (Wildman–Crippen LogP) is -0.0324. The number of ether oxygens (including phenoxy) is 2. The number of nitrogens with zero attached hydrogens (tertiary/aromatic N) is 2. The van der Waals surface area contributed by atoms with Crippen LogP contribution in [0.15, 0.2) is 12.4 Å². The molecule has 2 rings (SSSR count). The average Bonchev–Trinajstić information content (AvgIpc) is 2.72. The summed E-state index contributed by atoms with van der Waals surface area (Å²) in [6.45, 7) is 3.97. The van der Waals surface area contributed by atoms with E-state index in [1.54, 1.807) is 0 Å². The molecule has 1 atom stereocenters. The maximum absolute atomic E-state index is 5.53. The fraction of sp³-hybridized carbons (Fsp3) is 0.727. The van der Waals surface area contributed by atoms with Crippen LogP contribution in [0.25, 0.3) is 0 Å². The SMILES string of the molecule is Cn1cc(CCNCC2COCCO2)cn1. The van der Waals surface area contributed by atoms with Crippen molar-refractivity contribution in [1.29, 1.82) is 0 Å². The fourth-order valence-corrected chi connectivity index (χ4v) is 1.75. The lowest BCUT2D eigenvalue weighted by Crippen LogP contribution is -2.38. The van der Waals surface area contributed by atoms with Gasteiger partial charge in [0.15, 0.2) is 0 Å². The van der Waals surface area contributed by atoms with Gasteiger partial charge in [0.1, 0.15) is 0 Å². The number of hydrogen-bond donors (Lipinski definition) is 1. The molecule has 1 aliphatic rings. The molecule has 0 bridgehead atoms. The maximum atomic E-state index is 5.53. The quantitative estimate of drug-likeness (QED) is 0.715. The van der Waals surface area contributed by atoms with Crippen molar-refractivity contribution in [3.8, 4) is 0 Å². The van der Waals surface area contributed by atoms with Crippen LogP contribution in [0.5, 0.6) is 0 Å². The van der Waals surface area contributed by atoms with Crippen LogP contribution in [0.3, 0.4) is 0 Å². The van der Waals surface area contributed by atoms with Crippen LogP contribution in [0, 0.1) is 0 Å². The topological polar surface area (TPSA) is 48.3 Å². The van der Waals surface area contributed by atoms with Gasteiger partial charge in [0.25, 0.3) is 0 Å². The lowest BCUT2D eigenvalue weighted by atomic mass is 10.2. The summed E-state index contributed by atoms with van der Waals surface area (Å²) in [6.07, 6.45) is 5.16. The van der Waals surface area contributed by atoms with E-state index in [9.17, 15) is 0 Å². The summed E-state index contributed by atoms with van der Waals surface area (Å²) in [7, 11) is 1.93. The standard InChI is InChI=1S/C11H19N3O2/c1-14-8-10(6-13-14)2-3-12-7-11-9-15-4-5-16-11/h6,8,11-12H,2-5,7,9H2,1H3. The Morgan fingerprint density at radius 3 is 3.19 bits per heavy atom. The van der Waals surface area contributed by atoms with Crippen molar-refractivity contribution in [2.75, 3.05) is 32.9 Å². The third-order valence-electron chi connectivity index (χ3n) is 2.61. The van der Waals surface area contributed by atoms with Crippen molar-refractivity contribution in [3.05, 3.63) is 18.0 Å².